The molecular formula is C19H28N2O2. The third-order valence-electron chi connectivity index (χ3n) is 4.87. The molecule has 1 aliphatic carbocycles. The molecule has 0 aromatic heterocycles. The molecule has 1 saturated carbocycles. The van der Waals surface area contributed by atoms with Crippen LogP contribution in [0.5, 0.6) is 5.75 Å². The summed E-state index contributed by atoms with van der Waals surface area (Å²) in [5.41, 5.74) is 1.12. The van der Waals surface area contributed by atoms with E-state index in [2.05, 4.69) is 10.6 Å². The Bertz CT molecular complexity index is 489. The van der Waals surface area contributed by atoms with Gasteiger partial charge in [0.1, 0.15) is 5.75 Å². The Labute approximate surface area is 139 Å². The van der Waals surface area contributed by atoms with Gasteiger partial charge in [0.05, 0.1) is 12.1 Å². The Kier molecular flexibility index (Phi) is 5.92. The van der Waals surface area contributed by atoms with Gasteiger partial charge in [-0.3, -0.25) is 4.79 Å². The molecule has 1 aliphatic heterocycles. The van der Waals surface area contributed by atoms with Gasteiger partial charge >= 0.3 is 0 Å². The van der Waals surface area contributed by atoms with E-state index in [0.717, 1.165) is 30.7 Å². The lowest BCUT2D eigenvalue weighted by atomic mass is 9.98. The summed E-state index contributed by atoms with van der Waals surface area (Å²) in [6.45, 7) is 1.53. The highest BCUT2D eigenvalue weighted by Gasteiger charge is 2.20. The van der Waals surface area contributed by atoms with E-state index < -0.39 is 0 Å². The van der Waals surface area contributed by atoms with E-state index in [1.807, 2.05) is 24.3 Å². The molecule has 3 rings (SSSR count). The molecule has 1 heterocycles. The van der Waals surface area contributed by atoms with Crippen molar-refractivity contribution in [2.45, 2.75) is 70.1 Å². The molecule has 2 fully saturated rings. The van der Waals surface area contributed by atoms with E-state index >= 15 is 0 Å². The SMILES string of the molecule is O=C(NCc1ccc(OC2CCCCC2)cc1)C1CCCCN1. The van der Waals surface area contributed by atoms with Crippen LogP contribution in [0.3, 0.4) is 0 Å². The van der Waals surface area contributed by atoms with Crippen molar-refractivity contribution >= 4 is 5.91 Å². The second kappa shape index (κ2) is 8.34. The highest BCUT2D eigenvalue weighted by molar-refractivity contribution is 5.81. The first-order chi connectivity index (χ1) is 11.3. The van der Waals surface area contributed by atoms with Gasteiger partial charge in [-0.25, -0.2) is 0 Å². The molecule has 4 nitrogen and oxygen atoms in total. The first-order valence-corrected chi connectivity index (χ1v) is 9.08. The Morgan fingerprint density at radius 2 is 1.78 bits per heavy atom. The summed E-state index contributed by atoms with van der Waals surface area (Å²) in [7, 11) is 0. The number of rotatable bonds is 5. The van der Waals surface area contributed by atoms with Gasteiger partial charge in [0.2, 0.25) is 5.91 Å². The molecule has 0 bridgehead atoms. The van der Waals surface area contributed by atoms with E-state index in [1.54, 1.807) is 0 Å². The second-order valence-electron chi connectivity index (χ2n) is 6.74. The molecule has 126 valence electrons. The highest BCUT2D eigenvalue weighted by Crippen LogP contribution is 2.23. The predicted molar refractivity (Wildman–Crippen MR) is 91.4 cm³/mol. The quantitative estimate of drug-likeness (QED) is 0.877. The summed E-state index contributed by atoms with van der Waals surface area (Å²) in [5, 5.41) is 6.30. The van der Waals surface area contributed by atoms with Gasteiger partial charge in [-0.15, -0.1) is 0 Å². The van der Waals surface area contributed by atoms with Crippen LogP contribution in [-0.4, -0.2) is 24.6 Å². The Morgan fingerprint density at radius 3 is 2.48 bits per heavy atom. The number of carbonyl (C=O) groups is 1. The predicted octanol–water partition coefficient (Wildman–Crippen LogP) is 3.16. The average Bonchev–Trinajstić information content (AvgIpc) is 2.62. The lowest BCUT2D eigenvalue weighted by Crippen LogP contribution is -2.46. The standard InChI is InChI=1S/C19H28N2O2/c22-19(18-8-4-5-13-20-18)21-14-15-9-11-17(12-10-15)23-16-6-2-1-3-7-16/h9-12,16,18,20H,1-8,13-14H2,(H,21,22). The summed E-state index contributed by atoms with van der Waals surface area (Å²) < 4.78 is 6.03. The molecule has 1 unspecified atom stereocenters. The number of nitrogens with one attached hydrogen (secondary N) is 2. The Hall–Kier alpha value is -1.55. The highest BCUT2D eigenvalue weighted by atomic mass is 16.5. The molecular weight excluding hydrogens is 288 g/mol. The van der Waals surface area contributed by atoms with Crippen LogP contribution in [0.1, 0.15) is 56.9 Å². The van der Waals surface area contributed by atoms with Crippen LogP contribution in [0.2, 0.25) is 0 Å². The van der Waals surface area contributed by atoms with Gasteiger partial charge in [-0.05, 0) is 62.8 Å². The number of carbonyl (C=O) groups excluding carboxylic acids is 1. The number of benzene rings is 1. The molecule has 1 atom stereocenters. The number of ether oxygens (including phenoxy) is 1. The largest absolute Gasteiger partial charge is 0.490 e. The molecule has 1 aromatic rings. The summed E-state index contributed by atoms with van der Waals surface area (Å²) in [4.78, 5) is 12.1. The molecule has 2 aliphatic rings. The zero-order valence-corrected chi connectivity index (χ0v) is 13.9. The summed E-state index contributed by atoms with van der Waals surface area (Å²) in [6, 6.07) is 8.13. The van der Waals surface area contributed by atoms with E-state index in [4.69, 9.17) is 4.74 Å². The zero-order chi connectivity index (χ0) is 15.9. The monoisotopic (exact) mass is 316 g/mol. The van der Waals surface area contributed by atoms with Crippen LogP contribution >= 0.6 is 0 Å². The summed E-state index contributed by atoms with van der Waals surface area (Å²) in [5.74, 6) is 1.06. The van der Waals surface area contributed by atoms with Crippen molar-refractivity contribution in [2.75, 3.05) is 6.54 Å². The van der Waals surface area contributed by atoms with E-state index in [-0.39, 0.29) is 11.9 Å². The maximum absolute atomic E-state index is 12.1. The van der Waals surface area contributed by atoms with Crippen LogP contribution in [-0.2, 0) is 11.3 Å². The van der Waals surface area contributed by atoms with Crippen molar-refractivity contribution in [2.24, 2.45) is 0 Å². The van der Waals surface area contributed by atoms with Crippen molar-refractivity contribution in [1.82, 2.24) is 10.6 Å². The topological polar surface area (TPSA) is 50.4 Å². The van der Waals surface area contributed by atoms with Crippen molar-refractivity contribution in [3.63, 3.8) is 0 Å². The van der Waals surface area contributed by atoms with Crippen LogP contribution in [0.4, 0.5) is 0 Å². The maximum atomic E-state index is 12.1. The zero-order valence-electron chi connectivity index (χ0n) is 13.9. The summed E-state index contributed by atoms with van der Waals surface area (Å²) >= 11 is 0. The first kappa shape index (κ1) is 16.3. The van der Waals surface area contributed by atoms with Crippen LogP contribution in [0.15, 0.2) is 24.3 Å². The fraction of sp³-hybridized carbons (Fsp3) is 0.632. The normalized spacial score (nSPS) is 22.5. The van der Waals surface area contributed by atoms with Crippen molar-refractivity contribution in [3.05, 3.63) is 29.8 Å². The molecule has 0 spiro atoms. The van der Waals surface area contributed by atoms with E-state index in [1.165, 1.54) is 38.5 Å². The Morgan fingerprint density at radius 1 is 1.04 bits per heavy atom. The second-order valence-corrected chi connectivity index (χ2v) is 6.74. The fourth-order valence-electron chi connectivity index (χ4n) is 3.45. The van der Waals surface area contributed by atoms with Gasteiger partial charge < -0.3 is 15.4 Å². The number of hydrogen-bond acceptors (Lipinski definition) is 3. The van der Waals surface area contributed by atoms with Crippen molar-refractivity contribution in [3.8, 4) is 5.75 Å². The molecule has 2 N–H and O–H groups in total. The molecule has 0 radical (unpaired) electrons. The minimum absolute atomic E-state index is 0.0161. The molecule has 1 aromatic carbocycles. The van der Waals surface area contributed by atoms with Crippen LogP contribution < -0.4 is 15.4 Å². The Balaban J connectivity index is 1.44. The van der Waals surface area contributed by atoms with E-state index in [0.29, 0.717) is 12.6 Å². The van der Waals surface area contributed by atoms with Crippen molar-refractivity contribution < 1.29 is 9.53 Å². The minimum atomic E-state index is -0.0161. The minimum Gasteiger partial charge on any atom is -0.490 e. The summed E-state index contributed by atoms with van der Waals surface area (Å²) in [6.07, 6.45) is 9.89. The lowest BCUT2D eigenvalue weighted by molar-refractivity contribution is -0.123. The third kappa shape index (κ3) is 4.96. The third-order valence-corrected chi connectivity index (χ3v) is 4.87. The molecule has 1 amide bonds. The molecule has 23 heavy (non-hydrogen) atoms. The van der Waals surface area contributed by atoms with Gasteiger partial charge in [0.25, 0.3) is 0 Å². The fourth-order valence-corrected chi connectivity index (χ4v) is 3.45. The number of piperidine rings is 1. The average molecular weight is 316 g/mol. The van der Waals surface area contributed by atoms with E-state index in [9.17, 15) is 4.79 Å². The number of amides is 1. The van der Waals surface area contributed by atoms with Gasteiger partial charge in [0.15, 0.2) is 0 Å². The lowest BCUT2D eigenvalue weighted by Gasteiger charge is -2.23. The van der Waals surface area contributed by atoms with Crippen LogP contribution in [0.25, 0.3) is 0 Å². The first-order valence-electron chi connectivity index (χ1n) is 9.08. The molecule has 4 heteroatoms. The maximum Gasteiger partial charge on any atom is 0.237 e. The smallest absolute Gasteiger partial charge is 0.237 e. The van der Waals surface area contributed by atoms with Crippen molar-refractivity contribution in [1.29, 1.82) is 0 Å². The van der Waals surface area contributed by atoms with Crippen LogP contribution in [0, 0.1) is 0 Å². The van der Waals surface area contributed by atoms with Gasteiger partial charge in [-0.2, -0.15) is 0 Å². The van der Waals surface area contributed by atoms with Gasteiger partial charge in [-0.1, -0.05) is 25.0 Å². The van der Waals surface area contributed by atoms with Gasteiger partial charge in [0, 0.05) is 6.54 Å². The molecule has 1 saturated heterocycles. The number of hydrogen-bond donors (Lipinski definition) is 2.